The second kappa shape index (κ2) is 4.83. The summed E-state index contributed by atoms with van der Waals surface area (Å²) in [5.41, 5.74) is -0.121. The van der Waals surface area contributed by atoms with E-state index in [4.69, 9.17) is 9.84 Å². The highest BCUT2D eigenvalue weighted by Crippen LogP contribution is 2.12. The first-order chi connectivity index (χ1) is 6.22. The van der Waals surface area contributed by atoms with Gasteiger partial charge in [0.15, 0.2) is 0 Å². The number of carboxylic acid groups (broad SMARTS) is 1. The van der Waals surface area contributed by atoms with Crippen molar-refractivity contribution in [1.29, 1.82) is 0 Å². The van der Waals surface area contributed by atoms with Crippen molar-refractivity contribution in [3.05, 3.63) is 0 Å². The monoisotopic (exact) mass is 203 g/mol. The Bertz CT molecular complexity index is 219. The molecule has 5 heteroatoms. The van der Waals surface area contributed by atoms with E-state index in [-0.39, 0.29) is 12.0 Å². The van der Waals surface area contributed by atoms with Gasteiger partial charge in [-0.2, -0.15) is 0 Å². The molecular weight excluding hydrogens is 186 g/mol. The zero-order valence-corrected chi connectivity index (χ0v) is 8.96. The Morgan fingerprint density at radius 2 is 1.93 bits per heavy atom. The van der Waals surface area contributed by atoms with Crippen molar-refractivity contribution in [2.75, 3.05) is 6.61 Å². The van der Waals surface area contributed by atoms with Crippen molar-refractivity contribution in [2.45, 2.75) is 33.7 Å². The minimum atomic E-state index is -1.09. The van der Waals surface area contributed by atoms with Gasteiger partial charge < -0.3 is 15.2 Å². The molecule has 1 unspecified atom stereocenters. The summed E-state index contributed by atoms with van der Waals surface area (Å²) in [6, 6.07) is -0.928. The summed E-state index contributed by atoms with van der Waals surface area (Å²) in [5.74, 6) is -1.09. The van der Waals surface area contributed by atoms with E-state index in [2.05, 4.69) is 5.32 Å². The van der Waals surface area contributed by atoms with Crippen LogP contribution < -0.4 is 5.32 Å². The number of carbonyl (C=O) groups is 2. The molecule has 2 N–H and O–H groups in total. The molecule has 5 nitrogen and oxygen atoms in total. The second-order valence-electron chi connectivity index (χ2n) is 4.34. The Labute approximate surface area is 83.4 Å². The molecule has 0 aliphatic heterocycles. The summed E-state index contributed by atoms with van der Waals surface area (Å²) in [6.45, 7) is 7.38. The predicted molar refractivity (Wildman–Crippen MR) is 51.0 cm³/mol. The smallest absolute Gasteiger partial charge is 0.407 e. The van der Waals surface area contributed by atoms with Crippen LogP contribution in [0.15, 0.2) is 0 Å². The average Bonchev–Trinajstić information content (AvgIpc) is 1.99. The third-order valence-electron chi connectivity index (χ3n) is 1.34. The van der Waals surface area contributed by atoms with E-state index >= 15 is 0 Å². The normalized spacial score (nSPS) is 13.1. The Hall–Kier alpha value is -1.26. The Morgan fingerprint density at radius 1 is 1.43 bits per heavy atom. The summed E-state index contributed by atoms with van der Waals surface area (Å²) in [6.07, 6.45) is -0.699. The molecule has 0 radical (unpaired) electrons. The number of rotatable bonds is 3. The van der Waals surface area contributed by atoms with Gasteiger partial charge in [-0.3, -0.25) is 4.79 Å². The van der Waals surface area contributed by atoms with Crippen LogP contribution in [0.4, 0.5) is 4.79 Å². The molecule has 82 valence electrons. The van der Waals surface area contributed by atoms with Crippen LogP contribution in [0, 0.1) is 5.41 Å². The number of carbonyl (C=O) groups excluding carboxylic acids is 1. The van der Waals surface area contributed by atoms with Gasteiger partial charge in [0.2, 0.25) is 0 Å². The maximum atomic E-state index is 11.0. The van der Waals surface area contributed by atoms with Gasteiger partial charge in [0.1, 0.15) is 6.04 Å². The summed E-state index contributed by atoms with van der Waals surface area (Å²) in [4.78, 5) is 21.4. The van der Waals surface area contributed by atoms with Crippen LogP contribution in [0.2, 0.25) is 0 Å². The summed E-state index contributed by atoms with van der Waals surface area (Å²) >= 11 is 0. The summed E-state index contributed by atoms with van der Waals surface area (Å²) in [5, 5.41) is 10.7. The number of hydrogen-bond donors (Lipinski definition) is 2. The molecule has 0 aliphatic rings. The Balaban J connectivity index is 3.83. The SMILES string of the molecule is CC(NC(=O)OCC(C)(C)C)C(=O)O. The molecule has 0 saturated heterocycles. The van der Waals surface area contributed by atoms with E-state index in [1.807, 2.05) is 20.8 Å². The van der Waals surface area contributed by atoms with E-state index in [0.29, 0.717) is 0 Å². The quantitative estimate of drug-likeness (QED) is 0.723. The lowest BCUT2D eigenvalue weighted by atomic mass is 9.99. The number of ether oxygens (including phenoxy) is 1. The van der Waals surface area contributed by atoms with Crippen molar-refractivity contribution >= 4 is 12.1 Å². The van der Waals surface area contributed by atoms with Crippen LogP contribution in [0.3, 0.4) is 0 Å². The van der Waals surface area contributed by atoms with Crippen molar-refractivity contribution < 1.29 is 19.4 Å². The van der Waals surface area contributed by atoms with Crippen LogP contribution in [0.5, 0.6) is 0 Å². The standard InChI is InChI=1S/C9H17NO4/c1-6(7(11)12)10-8(13)14-5-9(2,3)4/h6H,5H2,1-4H3,(H,10,13)(H,11,12). The summed E-state index contributed by atoms with van der Waals surface area (Å²) < 4.78 is 4.81. The first kappa shape index (κ1) is 12.7. The van der Waals surface area contributed by atoms with E-state index < -0.39 is 18.1 Å². The van der Waals surface area contributed by atoms with Gasteiger partial charge in [-0.05, 0) is 12.3 Å². The zero-order chi connectivity index (χ0) is 11.4. The molecule has 0 aliphatic carbocycles. The molecule has 0 rings (SSSR count). The number of hydrogen-bond acceptors (Lipinski definition) is 3. The number of alkyl carbamates (subject to hydrolysis) is 1. The molecule has 0 spiro atoms. The summed E-state index contributed by atoms with van der Waals surface area (Å²) in [7, 11) is 0. The Kier molecular flexibility index (Phi) is 4.40. The lowest BCUT2D eigenvalue weighted by Gasteiger charge is -2.18. The van der Waals surface area contributed by atoms with Crippen molar-refractivity contribution in [2.24, 2.45) is 5.41 Å². The fourth-order valence-corrected chi connectivity index (χ4v) is 0.562. The minimum absolute atomic E-state index is 0.121. The molecule has 1 atom stereocenters. The van der Waals surface area contributed by atoms with E-state index in [9.17, 15) is 9.59 Å². The van der Waals surface area contributed by atoms with E-state index in [1.165, 1.54) is 6.92 Å². The van der Waals surface area contributed by atoms with Crippen LogP contribution >= 0.6 is 0 Å². The van der Waals surface area contributed by atoms with Gasteiger partial charge in [-0.1, -0.05) is 20.8 Å². The third kappa shape index (κ3) is 6.28. The highest BCUT2D eigenvalue weighted by Gasteiger charge is 2.17. The van der Waals surface area contributed by atoms with E-state index in [0.717, 1.165) is 0 Å². The first-order valence-electron chi connectivity index (χ1n) is 4.38. The molecular formula is C9H17NO4. The van der Waals surface area contributed by atoms with Gasteiger partial charge in [-0.25, -0.2) is 4.79 Å². The fourth-order valence-electron chi connectivity index (χ4n) is 0.562. The average molecular weight is 203 g/mol. The second-order valence-corrected chi connectivity index (χ2v) is 4.34. The first-order valence-corrected chi connectivity index (χ1v) is 4.38. The van der Waals surface area contributed by atoms with Crippen molar-refractivity contribution in [1.82, 2.24) is 5.32 Å². The van der Waals surface area contributed by atoms with Crippen molar-refractivity contribution in [3.63, 3.8) is 0 Å². The number of nitrogens with one attached hydrogen (secondary N) is 1. The minimum Gasteiger partial charge on any atom is -0.480 e. The van der Waals surface area contributed by atoms with Crippen LogP contribution in [0.1, 0.15) is 27.7 Å². The fraction of sp³-hybridized carbons (Fsp3) is 0.778. The van der Waals surface area contributed by atoms with Gasteiger partial charge in [0.05, 0.1) is 6.61 Å². The molecule has 14 heavy (non-hydrogen) atoms. The molecule has 0 aromatic rings. The molecule has 0 fully saturated rings. The molecule has 0 bridgehead atoms. The predicted octanol–water partition coefficient (Wildman–Crippen LogP) is 1.23. The molecule has 0 aromatic carbocycles. The van der Waals surface area contributed by atoms with Gasteiger partial charge in [-0.15, -0.1) is 0 Å². The highest BCUT2D eigenvalue weighted by atomic mass is 16.5. The number of aliphatic carboxylic acids is 1. The highest BCUT2D eigenvalue weighted by molar-refractivity contribution is 5.79. The Morgan fingerprint density at radius 3 is 2.29 bits per heavy atom. The van der Waals surface area contributed by atoms with Gasteiger partial charge >= 0.3 is 12.1 Å². The lowest BCUT2D eigenvalue weighted by molar-refractivity contribution is -0.138. The van der Waals surface area contributed by atoms with Gasteiger partial charge in [0, 0.05) is 0 Å². The molecule has 0 heterocycles. The number of amides is 1. The van der Waals surface area contributed by atoms with Gasteiger partial charge in [0.25, 0.3) is 0 Å². The lowest BCUT2D eigenvalue weighted by Crippen LogP contribution is -2.39. The van der Waals surface area contributed by atoms with Crippen LogP contribution in [0.25, 0.3) is 0 Å². The molecule has 1 amide bonds. The van der Waals surface area contributed by atoms with Crippen LogP contribution in [-0.2, 0) is 9.53 Å². The molecule has 0 saturated carbocycles. The maximum absolute atomic E-state index is 11.0. The maximum Gasteiger partial charge on any atom is 0.407 e. The van der Waals surface area contributed by atoms with E-state index in [1.54, 1.807) is 0 Å². The third-order valence-corrected chi connectivity index (χ3v) is 1.34. The largest absolute Gasteiger partial charge is 0.480 e. The number of carboxylic acids is 1. The zero-order valence-electron chi connectivity index (χ0n) is 8.96. The molecule has 0 aromatic heterocycles. The van der Waals surface area contributed by atoms with Crippen LogP contribution in [-0.4, -0.2) is 29.8 Å². The topological polar surface area (TPSA) is 75.6 Å². The van der Waals surface area contributed by atoms with Crippen molar-refractivity contribution in [3.8, 4) is 0 Å².